The highest BCUT2D eigenvalue weighted by molar-refractivity contribution is 6.19. The lowest BCUT2D eigenvalue weighted by atomic mass is 9.82. The standard InChI is InChI=1S/C61H41NO2/c1-61(2)54-21-10-8-17-48(54)49-33-31-44(36-55(49)61)62(43-29-27-40(28-30-43)47-19-12-20-52-50-18-9-11-22-56(50)63-59(47)52)45-32-34-51-53-35-42-15-6-7-16-46(42)58(60(53)64-57(51)37-45)41-25-23-39(24-26-41)38-13-4-3-5-14-38/h3-37H,1-2H3. The average Bonchev–Trinajstić information content (AvgIpc) is 3.98. The molecule has 0 saturated heterocycles. The number of nitrogens with zero attached hydrogens (tertiary/aromatic N) is 1. The Labute approximate surface area is 371 Å². The Hall–Kier alpha value is -8.14. The highest BCUT2D eigenvalue weighted by atomic mass is 16.3. The van der Waals surface area contributed by atoms with Crippen molar-refractivity contribution >= 4 is 71.7 Å². The third-order valence-electron chi connectivity index (χ3n) is 13.7. The van der Waals surface area contributed by atoms with E-state index in [1.165, 1.54) is 44.2 Å². The molecule has 302 valence electrons. The van der Waals surface area contributed by atoms with Crippen LogP contribution in [0, 0.1) is 0 Å². The molecule has 0 bridgehead atoms. The molecule has 1 aliphatic carbocycles. The van der Waals surface area contributed by atoms with Gasteiger partial charge in [0.2, 0.25) is 0 Å². The van der Waals surface area contributed by atoms with Crippen molar-refractivity contribution in [3.05, 3.63) is 223 Å². The van der Waals surface area contributed by atoms with Crippen LogP contribution in [0.15, 0.2) is 221 Å². The van der Waals surface area contributed by atoms with Crippen molar-refractivity contribution in [1.29, 1.82) is 0 Å². The molecule has 0 spiro atoms. The molecule has 0 atom stereocenters. The maximum Gasteiger partial charge on any atom is 0.143 e. The number of hydrogen-bond donors (Lipinski definition) is 0. The second kappa shape index (κ2) is 13.9. The SMILES string of the molecule is CC1(C)c2ccccc2-c2ccc(N(c3ccc(-c4cccc5c4oc4ccccc45)cc3)c3ccc4c(c3)oc3c(-c5ccc(-c6ccccc6)cc5)c5ccccc5cc34)cc21. The molecule has 3 heteroatoms. The zero-order valence-electron chi connectivity index (χ0n) is 35.5. The maximum atomic E-state index is 7.08. The van der Waals surface area contributed by atoms with Crippen LogP contribution in [0.25, 0.3) is 99.2 Å². The van der Waals surface area contributed by atoms with Crippen molar-refractivity contribution in [2.45, 2.75) is 19.3 Å². The number of fused-ring (bicyclic) bond motifs is 10. The van der Waals surface area contributed by atoms with Gasteiger partial charge < -0.3 is 13.7 Å². The first-order valence-corrected chi connectivity index (χ1v) is 22.1. The van der Waals surface area contributed by atoms with Crippen molar-refractivity contribution in [3.63, 3.8) is 0 Å². The molecule has 0 fully saturated rings. The summed E-state index contributed by atoms with van der Waals surface area (Å²) in [7, 11) is 0. The summed E-state index contributed by atoms with van der Waals surface area (Å²) >= 11 is 0. The van der Waals surface area contributed by atoms with E-state index in [4.69, 9.17) is 8.83 Å². The number of hydrogen-bond acceptors (Lipinski definition) is 3. The van der Waals surface area contributed by atoms with Crippen molar-refractivity contribution in [3.8, 4) is 44.5 Å². The summed E-state index contributed by atoms with van der Waals surface area (Å²) in [6, 6.07) is 76.5. The van der Waals surface area contributed by atoms with E-state index in [0.717, 1.165) is 83.2 Å². The molecule has 13 rings (SSSR count). The highest BCUT2D eigenvalue weighted by Gasteiger charge is 2.36. The number of para-hydroxylation sites is 2. The molecule has 1 aliphatic rings. The first kappa shape index (κ1) is 36.5. The summed E-state index contributed by atoms with van der Waals surface area (Å²) < 4.78 is 13.6. The number of rotatable bonds is 6. The van der Waals surface area contributed by atoms with Crippen LogP contribution in [0.5, 0.6) is 0 Å². The topological polar surface area (TPSA) is 29.5 Å². The monoisotopic (exact) mass is 819 g/mol. The molecule has 2 heterocycles. The number of anilines is 3. The Morgan fingerprint density at radius 3 is 1.80 bits per heavy atom. The van der Waals surface area contributed by atoms with Gasteiger partial charge in [0.15, 0.2) is 0 Å². The van der Waals surface area contributed by atoms with Crippen LogP contribution in [0.1, 0.15) is 25.0 Å². The van der Waals surface area contributed by atoms with Crippen molar-refractivity contribution < 1.29 is 8.83 Å². The second-order valence-corrected chi connectivity index (χ2v) is 17.6. The zero-order chi connectivity index (χ0) is 42.5. The summed E-state index contributed by atoms with van der Waals surface area (Å²) in [4.78, 5) is 2.37. The predicted molar refractivity (Wildman–Crippen MR) is 267 cm³/mol. The minimum Gasteiger partial charge on any atom is -0.455 e. The molecule has 3 nitrogen and oxygen atoms in total. The highest BCUT2D eigenvalue weighted by Crippen LogP contribution is 2.51. The Morgan fingerprint density at radius 1 is 0.344 bits per heavy atom. The molecular formula is C61H41NO2. The Balaban J connectivity index is 0.975. The first-order chi connectivity index (χ1) is 31.5. The molecule has 2 aromatic heterocycles. The summed E-state index contributed by atoms with van der Waals surface area (Å²) in [6.07, 6.45) is 0. The number of benzene rings is 10. The largest absolute Gasteiger partial charge is 0.455 e. The molecule has 0 N–H and O–H groups in total. The van der Waals surface area contributed by atoms with Gasteiger partial charge in [-0.2, -0.15) is 0 Å². The maximum absolute atomic E-state index is 7.08. The van der Waals surface area contributed by atoms with Crippen LogP contribution >= 0.6 is 0 Å². The summed E-state index contributed by atoms with van der Waals surface area (Å²) in [5, 5.41) is 6.81. The van der Waals surface area contributed by atoms with Crippen LogP contribution in [-0.2, 0) is 5.41 Å². The quantitative estimate of drug-likeness (QED) is 0.167. The lowest BCUT2D eigenvalue weighted by Gasteiger charge is -2.28. The van der Waals surface area contributed by atoms with Crippen LogP contribution in [-0.4, -0.2) is 0 Å². The van der Waals surface area contributed by atoms with Gasteiger partial charge in [-0.05, 0) is 104 Å². The predicted octanol–water partition coefficient (Wildman–Crippen LogP) is 17.4. The fraction of sp³-hybridized carbons (Fsp3) is 0.0492. The lowest BCUT2D eigenvalue weighted by molar-refractivity contribution is 0.660. The van der Waals surface area contributed by atoms with E-state index in [-0.39, 0.29) is 5.41 Å². The molecule has 10 aromatic carbocycles. The van der Waals surface area contributed by atoms with E-state index in [0.29, 0.717) is 0 Å². The molecule has 0 aliphatic heterocycles. The molecule has 0 unspecified atom stereocenters. The minimum absolute atomic E-state index is 0.150. The summed E-state index contributed by atoms with van der Waals surface area (Å²) in [5.74, 6) is 0. The van der Waals surface area contributed by atoms with Gasteiger partial charge in [-0.1, -0.05) is 172 Å². The van der Waals surface area contributed by atoms with E-state index in [9.17, 15) is 0 Å². The second-order valence-electron chi connectivity index (χ2n) is 17.6. The first-order valence-electron chi connectivity index (χ1n) is 22.1. The van der Waals surface area contributed by atoms with Gasteiger partial charge >= 0.3 is 0 Å². The van der Waals surface area contributed by atoms with E-state index >= 15 is 0 Å². The van der Waals surface area contributed by atoms with Gasteiger partial charge in [0.05, 0.1) is 0 Å². The van der Waals surface area contributed by atoms with E-state index in [2.05, 4.69) is 219 Å². The third-order valence-corrected chi connectivity index (χ3v) is 13.7. The van der Waals surface area contributed by atoms with Gasteiger partial charge in [-0.15, -0.1) is 0 Å². The van der Waals surface area contributed by atoms with Gasteiger partial charge in [0.1, 0.15) is 22.3 Å². The summed E-state index contributed by atoms with van der Waals surface area (Å²) in [6.45, 7) is 4.69. The van der Waals surface area contributed by atoms with Crippen LogP contribution in [0.3, 0.4) is 0 Å². The number of furan rings is 2. The van der Waals surface area contributed by atoms with Crippen LogP contribution in [0.2, 0.25) is 0 Å². The van der Waals surface area contributed by atoms with E-state index < -0.39 is 0 Å². The van der Waals surface area contributed by atoms with Gasteiger partial charge in [0, 0.05) is 61.2 Å². The summed E-state index contributed by atoms with van der Waals surface area (Å²) in [5.41, 5.74) is 18.6. The van der Waals surface area contributed by atoms with E-state index in [1.54, 1.807) is 0 Å². The lowest BCUT2D eigenvalue weighted by Crippen LogP contribution is -2.16. The van der Waals surface area contributed by atoms with Gasteiger partial charge in [0.25, 0.3) is 0 Å². The molecular weight excluding hydrogens is 779 g/mol. The molecule has 0 amide bonds. The molecule has 0 saturated carbocycles. The van der Waals surface area contributed by atoms with Crippen molar-refractivity contribution in [1.82, 2.24) is 0 Å². The Bertz CT molecular complexity index is 3800. The average molecular weight is 820 g/mol. The van der Waals surface area contributed by atoms with Crippen molar-refractivity contribution in [2.24, 2.45) is 0 Å². The zero-order valence-corrected chi connectivity index (χ0v) is 35.5. The Kier molecular flexibility index (Phi) is 7.95. The fourth-order valence-corrected chi connectivity index (χ4v) is 10.5. The molecule has 12 aromatic rings. The van der Waals surface area contributed by atoms with Crippen LogP contribution < -0.4 is 4.90 Å². The molecule has 64 heavy (non-hydrogen) atoms. The molecule has 0 radical (unpaired) electrons. The van der Waals surface area contributed by atoms with E-state index in [1.807, 2.05) is 12.1 Å². The smallest absolute Gasteiger partial charge is 0.143 e. The normalized spacial score (nSPS) is 13.0. The Morgan fingerprint density at radius 2 is 0.938 bits per heavy atom. The third kappa shape index (κ3) is 5.54. The van der Waals surface area contributed by atoms with Crippen molar-refractivity contribution in [2.75, 3.05) is 4.90 Å². The fourth-order valence-electron chi connectivity index (χ4n) is 10.5. The van der Waals surface area contributed by atoms with Gasteiger partial charge in [-0.25, -0.2) is 0 Å². The minimum atomic E-state index is -0.150. The van der Waals surface area contributed by atoms with Crippen LogP contribution in [0.4, 0.5) is 17.1 Å². The van der Waals surface area contributed by atoms with Gasteiger partial charge in [-0.3, -0.25) is 0 Å².